The van der Waals surface area contributed by atoms with Crippen molar-refractivity contribution in [2.75, 3.05) is 6.54 Å². The zero-order chi connectivity index (χ0) is 37.8. The summed E-state index contributed by atoms with van der Waals surface area (Å²) in [5, 5.41) is 34.3. The number of aromatic hydroxyl groups is 2. The zero-order valence-corrected chi connectivity index (χ0v) is 28.5. The van der Waals surface area contributed by atoms with Crippen LogP contribution in [0.3, 0.4) is 0 Å². The molecule has 1 saturated heterocycles. The molecule has 4 N–H and O–H groups in total. The average molecular weight is 741 g/mol. The summed E-state index contributed by atoms with van der Waals surface area (Å²) in [6.07, 6.45) is -4.83. The number of fused-ring (bicyclic) bond motifs is 1. The second kappa shape index (κ2) is 14.9. The number of carboxylic acid groups (broad SMARTS) is 1. The van der Waals surface area contributed by atoms with Crippen LogP contribution in [0.2, 0.25) is 0 Å². The number of carbonyl (C=O) groups is 4. The second-order valence-corrected chi connectivity index (χ2v) is 13.7. The van der Waals surface area contributed by atoms with E-state index in [-0.39, 0.29) is 28.9 Å². The van der Waals surface area contributed by atoms with Crippen molar-refractivity contribution in [2.24, 2.45) is 0 Å². The van der Waals surface area contributed by atoms with Crippen molar-refractivity contribution in [2.45, 2.75) is 30.0 Å². The largest absolute Gasteiger partial charge is 0.508 e. The Bertz CT molecular complexity index is 2280. The highest BCUT2D eigenvalue weighted by atomic mass is 32.2. The molecule has 53 heavy (non-hydrogen) atoms. The highest BCUT2D eigenvalue weighted by molar-refractivity contribution is 7.88. The maximum absolute atomic E-state index is 14.9. The van der Waals surface area contributed by atoms with E-state index in [0.717, 1.165) is 12.1 Å². The standard InChI is InChI=1S/C38H32N2O12S/c41-27-20-18-25(19-21-27)33(43)39-32-34(50-35(44)26-11-2-1-3-12-26)40(37(46)47)23-9-22-38(32,53(48,49)52-31-17-7-6-16-30(31)42)51-36(45)29-15-8-13-24-10-4-5-14-28(24)29/h1-8,10-21,32,34,41-42H,9,22-23H2,(H,39,43)(H,46,47)/t32-,34?,38-/m1/s1. The Kier molecular flexibility index (Phi) is 10.2. The van der Waals surface area contributed by atoms with Crippen molar-refractivity contribution in [3.8, 4) is 17.2 Å². The summed E-state index contributed by atoms with van der Waals surface area (Å²) in [5.41, 5.74) is -0.256. The Morgan fingerprint density at radius 3 is 2.13 bits per heavy atom. The maximum atomic E-state index is 14.9. The lowest BCUT2D eigenvalue weighted by molar-refractivity contribution is -0.0699. The van der Waals surface area contributed by atoms with Crippen LogP contribution in [-0.4, -0.2) is 76.3 Å². The summed E-state index contributed by atoms with van der Waals surface area (Å²) in [6, 6.07) is 26.4. The van der Waals surface area contributed by atoms with Gasteiger partial charge in [-0.05, 0) is 71.8 Å². The molecule has 1 aliphatic rings. The van der Waals surface area contributed by atoms with Gasteiger partial charge in [0.15, 0.2) is 11.5 Å². The number of phenolic OH excluding ortho intramolecular Hbond substituents is 2. The fourth-order valence-electron chi connectivity index (χ4n) is 6.06. The summed E-state index contributed by atoms with van der Waals surface area (Å²) in [5.74, 6) is -4.70. The number of amides is 2. The lowest BCUT2D eigenvalue weighted by Crippen LogP contribution is -2.67. The summed E-state index contributed by atoms with van der Waals surface area (Å²) in [4.78, 5) is 52.3. The number of para-hydroxylation sites is 2. The minimum absolute atomic E-state index is 0.0441. The van der Waals surface area contributed by atoms with E-state index in [9.17, 15) is 42.9 Å². The van der Waals surface area contributed by atoms with E-state index < -0.39 is 75.7 Å². The first-order valence-electron chi connectivity index (χ1n) is 16.2. The first kappa shape index (κ1) is 36.2. The minimum atomic E-state index is -5.44. The van der Waals surface area contributed by atoms with Gasteiger partial charge in [-0.2, -0.15) is 8.42 Å². The smallest absolute Gasteiger partial charge is 0.410 e. The molecule has 15 heteroatoms. The molecule has 3 atom stereocenters. The Morgan fingerprint density at radius 1 is 0.755 bits per heavy atom. The van der Waals surface area contributed by atoms with Crippen LogP contribution in [0.4, 0.5) is 4.79 Å². The minimum Gasteiger partial charge on any atom is -0.508 e. The number of nitrogens with zero attached hydrogens (tertiary/aromatic N) is 1. The van der Waals surface area contributed by atoms with Gasteiger partial charge in [0.05, 0.1) is 11.1 Å². The molecule has 6 rings (SSSR count). The fourth-order valence-corrected chi connectivity index (χ4v) is 7.64. The molecule has 0 saturated carbocycles. The molecule has 1 heterocycles. The Hall–Kier alpha value is -6.61. The SMILES string of the molecule is O=C(N[C@@H]1C(OC(=O)c2ccccc2)N(C(=O)O)CCC[C@@]1(OC(=O)c1cccc2ccccc12)S(=O)(=O)Oc1ccccc1O)c1ccc(O)cc1. The summed E-state index contributed by atoms with van der Waals surface area (Å²) in [6.45, 7) is -0.451. The molecule has 14 nitrogen and oxygen atoms in total. The molecular formula is C38H32N2O12S. The highest BCUT2D eigenvalue weighted by Gasteiger charge is 2.63. The zero-order valence-electron chi connectivity index (χ0n) is 27.7. The van der Waals surface area contributed by atoms with E-state index >= 15 is 0 Å². The third-order valence-electron chi connectivity index (χ3n) is 8.65. The number of benzene rings is 5. The molecule has 5 aromatic carbocycles. The third kappa shape index (κ3) is 7.41. The molecule has 0 spiro atoms. The Balaban J connectivity index is 1.58. The van der Waals surface area contributed by atoms with Crippen LogP contribution in [0.5, 0.6) is 17.2 Å². The van der Waals surface area contributed by atoms with E-state index in [1.807, 2.05) is 0 Å². The number of nitrogens with one attached hydrogen (secondary N) is 1. The predicted octanol–water partition coefficient (Wildman–Crippen LogP) is 5.27. The summed E-state index contributed by atoms with van der Waals surface area (Å²) in [7, 11) is -5.44. The van der Waals surface area contributed by atoms with E-state index in [1.54, 1.807) is 42.5 Å². The van der Waals surface area contributed by atoms with Crippen molar-refractivity contribution in [3.63, 3.8) is 0 Å². The van der Waals surface area contributed by atoms with Gasteiger partial charge in [0.25, 0.3) is 10.8 Å². The van der Waals surface area contributed by atoms with Crippen molar-refractivity contribution in [3.05, 3.63) is 138 Å². The van der Waals surface area contributed by atoms with Crippen molar-refractivity contribution in [1.82, 2.24) is 10.2 Å². The van der Waals surface area contributed by atoms with Crippen LogP contribution >= 0.6 is 0 Å². The topological polar surface area (TPSA) is 206 Å². The number of rotatable bonds is 9. The maximum Gasteiger partial charge on any atom is 0.410 e. The Labute approximate surface area is 302 Å². The monoisotopic (exact) mass is 740 g/mol. The van der Waals surface area contributed by atoms with Crippen LogP contribution < -0.4 is 9.50 Å². The van der Waals surface area contributed by atoms with Gasteiger partial charge in [-0.25, -0.2) is 14.4 Å². The Morgan fingerprint density at radius 2 is 1.42 bits per heavy atom. The van der Waals surface area contributed by atoms with Gasteiger partial charge in [-0.1, -0.05) is 66.7 Å². The van der Waals surface area contributed by atoms with Crippen LogP contribution in [0.25, 0.3) is 10.8 Å². The van der Waals surface area contributed by atoms with Crippen LogP contribution in [0.1, 0.15) is 43.9 Å². The molecule has 0 bridgehead atoms. The van der Waals surface area contributed by atoms with E-state index in [1.165, 1.54) is 66.7 Å². The lowest BCUT2D eigenvalue weighted by Gasteiger charge is -2.41. The van der Waals surface area contributed by atoms with Gasteiger partial charge >= 0.3 is 28.1 Å². The van der Waals surface area contributed by atoms with Gasteiger partial charge in [0.2, 0.25) is 6.23 Å². The molecule has 0 aliphatic carbocycles. The highest BCUT2D eigenvalue weighted by Crippen LogP contribution is 2.41. The van der Waals surface area contributed by atoms with Crippen LogP contribution in [0.15, 0.2) is 121 Å². The first-order chi connectivity index (χ1) is 25.4. The third-order valence-corrected chi connectivity index (χ3v) is 10.4. The molecule has 272 valence electrons. The van der Waals surface area contributed by atoms with Crippen molar-refractivity contribution >= 4 is 44.8 Å². The van der Waals surface area contributed by atoms with Gasteiger partial charge in [0.1, 0.15) is 11.8 Å². The molecule has 5 aromatic rings. The predicted molar refractivity (Wildman–Crippen MR) is 189 cm³/mol. The fraction of sp³-hybridized carbons (Fsp3) is 0.158. The van der Waals surface area contributed by atoms with Gasteiger partial charge in [-0.3, -0.25) is 9.69 Å². The second-order valence-electron chi connectivity index (χ2n) is 12.0. The summed E-state index contributed by atoms with van der Waals surface area (Å²) < 4.78 is 47.0. The van der Waals surface area contributed by atoms with Gasteiger partial charge in [-0.15, -0.1) is 0 Å². The van der Waals surface area contributed by atoms with Crippen LogP contribution in [-0.2, 0) is 19.6 Å². The van der Waals surface area contributed by atoms with Crippen LogP contribution in [0, 0.1) is 0 Å². The number of carbonyl (C=O) groups excluding carboxylic acids is 3. The first-order valence-corrected chi connectivity index (χ1v) is 17.6. The average Bonchev–Trinajstić information content (AvgIpc) is 3.30. The number of ether oxygens (including phenoxy) is 2. The molecule has 1 aliphatic heterocycles. The molecule has 1 unspecified atom stereocenters. The van der Waals surface area contributed by atoms with E-state index in [0.29, 0.717) is 15.7 Å². The molecular weight excluding hydrogens is 708 g/mol. The lowest BCUT2D eigenvalue weighted by atomic mass is 10.0. The van der Waals surface area contributed by atoms with Crippen molar-refractivity contribution in [1.29, 1.82) is 0 Å². The number of hydrogen-bond acceptors (Lipinski definition) is 11. The van der Waals surface area contributed by atoms with E-state index in [2.05, 4.69) is 5.32 Å². The molecule has 0 radical (unpaired) electrons. The van der Waals surface area contributed by atoms with Gasteiger partial charge < -0.3 is 34.3 Å². The van der Waals surface area contributed by atoms with E-state index in [4.69, 9.17) is 13.7 Å². The number of esters is 2. The quantitative estimate of drug-likeness (QED) is 0.113. The summed E-state index contributed by atoms with van der Waals surface area (Å²) >= 11 is 0. The molecule has 1 fully saturated rings. The molecule has 2 amide bonds. The van der Waals surface area contributed by atoms with Crippen molar-refractivity contribution < 1.29 is 56.6 Å². The van der Waals surface area contributed by atoms with Gasteiger partial charge in [0, 0.05) is 18.5 Å². The number of likely N-dealkylation sites (tertiary alicyclic amines) is 1. The number of phenols is 2. The normalized spacial score (nSPS) is 18.7. The molecule has 0 aromatic heterocycles. The number of hydrogen-bond donors (Lipinski definition) is 4.